The normalized spacial score (nSPS) is 16.8. The maximum Gasteiger partial charge on any atom is 0.293 e. The standard InChI is InChI=1S/C29H36N8O3.CH2O/c1-17(2)32-26-28(39)37(24(16-31-26)21-12-22-14-23(13-21)34-27(38)18(3)33-22)11-10-30-15-19-6-8-20(9-7-19)25-35-29(4,5)40-36-25;1-2/h6-9,12-14,16-18,30,33H,10-11,15H2,1-5H3,(H,31,32)(H,34,38)(H,35,36);1H2. The molecule has 42 heavy (non-hydrogen) atoms. The smallest absolute Gasteiger partial charge is 0.293 e. The molecular weight excluding hydrogens is 536 g/mol. The van der Waals surface area contributed by atoms with E-state index < -0.39 is 5.72 Å². The zero-order valence-corrected chi connectivity index (χ0v) is 24.6. The summed E-state index contributed by atoms with van der Waals surface area (Å²) in [6, 6.07) is 13.5. The minimum atomic E-state index is -0.577. The van der Waals surface area contributed by atoms with Gasteiger partial charge in [0.2, 0.25) is 5.91 Å². The van der Waals surface area contributed by atoms with Crippen molar-refractivity contribution in [3.05, 3.63) is 70.1 Å². The Morgan fingerprint density at radius 3 is 2.45 bits per heavy atom. The average molecular weight is 575 g/mol. The molecule has 1 atom stereocenters. The first kappa shape index (κ1) is 30.4. The Morgan fingerprint density at radius 2 is 1.79 bits per heavy atom. The number of carbonyl (C=O) groups is 2. The number of nitrogens with one attached hydrogen (secondary N) is 5. The van der Waals surface area contributed by atoms with E-state index in [1.54, 1.807) is 10.8 Å². The van der Waals surface area contributed by atoms with Gasteiger partial charge in [-0.3, -0.25) is 9.59 Å². The van der Waals surface area contributed by atoms with Crippen molar-refractivity contribution in [3.63, 3.8) is 0 Å². The van der Waals surface area contributed by atoms with Crippen LogP contribution in [0.3, 0.4) is 0 Å². The van der Waals surface area contributed by atoms with Crippen LogP contribution in [0.1, 0.15) is 45.7 Å². The van der Waals surface area contributed by atoms with Gasteiger partial charge in [0.05, 0.1) is 11.9 Å². The highest BCUT2D eigenvalue weighted by Gasteiger charge is 2.26. The number of aromatic nitrogens is 2. The molecule has 1 unspecified atom stereocenters. The van der Waals surface area contributed by atoms with Crippen LogP contribution in [-0.2, 0) is 27.5 Å². The number of carbonyl (C=O) groups excluding carboxylic acids is 2. The first-order chi connectivity index (χ1) is 20.1. The van der Waals surface area contributed by atoms with E-state index in [0.717, 1.165) is 22.4 Å². The number of hydrogen-bond donors (Lipinski definition) is 5. The van der Waals surface area contributed by atoms with Crippen molar-refractivity contribution >= 4 is 35.7 Å². The van der Waals surface area contributed by atoms with Gasteiger partial charge in [0.25, 0.3) is 5.56 Å². The van der Waals surface area contributed by atoms with E-state index in [2.05, 4.69) is 36.7 Å². The summed E-state index contributed by atoms with van der Waals surface area (Å²) in [5.74, 6) is 0.915. The van der Waals surface area contributed by atoms with Crippen LogP contribution in [0.2, 0.25) is 0 Å². The summed E-state index contributed by atoms with van der Waals surface area (Å²) in [4.78, 5) is 48.2. The molecule has 0 fully saturated rings. The number of aliphatic imine (C=N–C) groups is 1. The molecule has 0 radical (unpaired) electrons. The number of amidine groups is 1. The van der Waals surface area contributed by atoms with Crippen molar-refractivity contribution < 1.29 is 14.4 Å². The molecule has 0 spiro atoms. The van der Waals surface area contributed by atoms with Gasteiger partial charge in [-0.25, -0.2) is 20.3 Å². The average Bonchev–Trinajstić information content (AvgIpc) is 3.29. The molecule has 1 amide bonds. The number of anilines is 3. The van der Waals surface area contributed by atoms with Crippen LogP contribution in [0.5, 0.6) is 0 Å². The molecule has 2 aromatic carbocycles. The van der Waals surface area contributed by atoms with Crippen molar-refractivity contribution in [1.29, 1.82) is 0 Å². The van der Waals surface area contributed by atoms with Gasteiger partial charge >= 0.3 is 0 Å². The summed E-state index contributed by atoms with van der Waals surface area (Å²) >= 11 is 0. The van der Waals surface area contributed by atoms with Gasteiger partial charge in [-0.05, 0) is 58.4 Å². The first-order valence-electron chi connectivity index (χ1n) is 13.8. The lowest BCUT2D eigenvalue weighted by molar-refractivity contribution is -0.116. The van der Waals surface area contributed by atoms with Gasteiger partial charge < -0.3 is 30.6 Å². The molecule has 0 saturated carbocycles. The van der Waals surface area contributed by atoms with Gasteiger partial charge in [-0.1, -0.05) is 24.3 Å². The van der Waals surface area contributed by atoms with Gasteiger partial charge in [0.15, 0.2) is 17.4 Å². The molecule has 5 N–H and O–H groups in total. The van der Waals surface area contributed by atoms with Crippen LogP contribution in [0.4, 0.5) is 17.2 Å². The molecule has 222 valence electrons. The van der Waals surface area contributed by atoms with Crippen molar-refractivity contribution in [2.75, 3.05) is 22.5 Å². The minimum Gasteiger partial charge on any atom is -0.374 e. The Bertz CT molecular complexity index is 1510. The molecule has 12 heteroatoms. The fraction of sp³-hybridized carbons (Fsp3) is 0.367. The highest BCUT2D eigenvalue weighted by atomic mass is 16.7. The number of fused-ring (bicyclic) bond motifs is 2. The SMILES string of the molecule is C=O.CC(C)Nc1ncc(-c2cc3cc(c2)NC(C)C(=O)N3)n(CCNCc2ccc(C3=NC(C)(C)ON3)cc2)c1=O. The van der Waals surface area contributed by atoms with Gasteiger partial charge in [0.1, 0.15) is 12.8 Å². The molecule has 3 aromatic rings. The predicted molar refractivity (Wildman–Crippen MR) is 165 cm³/mol. The van der Waals surface area contributed by atoms with Crippen LogP contribution in [0.25, 0.3) is 11.3 Å². The highest BCUT2D eigenvalue weighted by molar-refractivity contribution is 5.99. The third kappa shape index (κ3) is 7.20. The topological polar surface area (TPSA) is 151 Å². The van der Waals surface area contributed by atoms with E-state index >= 15 is 0 Å². The summed E-state index contributed by atoms with van der Waals surface area (Å²) in [5.41, 5.74) is 7.12. The number of rotatable bonds is 9. The van der Waals surface area contributed by atoms with E-state index in [1.807, 2.05) is 83.9 Å². The first-order valence-corrected chi connectivity index (χ1v) is 13.8. The number of amides is 1. The lowest BCUT2D eigenvalue weighted by Gasteiger charge is -2.17. The Labute approximate surface area is 244 Å². The fourth-order valence-electron chi connectivity index (χ4n) is 4.63. The van der Waals surface area contributed by atoms with Crippen LogP contribution >= 0.6 is 0 Å². The van der Waals surface area contributed by atoms with Crippen molar-refractivity contribution in [3.8, 4) is 11.3 Å². The second-order valence-electron chi connectivity index (χ2n) is 10.9. The molecular formula is C30H38N8O4. The second kappa shape index (κ2) is 13.0. The third-order valence-electron chi connectivity index (χ3n) is 6.60. The van der Waals surface area contributed by atoms with Crippen molar-refractivity contribution in [1.82, 2.24) is 20.3 Å². The lowest BCUT2D eigenvalue weighted by atomic mass is 10.1. The fourth-order valence-corrected chi connectivity index (χ4v) is 4.63. The molecule has 3 heterocycles. The summed E-state index contributed by atoms with van der Waals surface area (Å²) in [6.07, 6.45) is 1.71. The lowest BCUT2D eigenvalue weighted by Crippen LogP contribution is -2.31. The molecule has 5 rings (SSSR count). The number of benzene rings is 2. The second-order valence-corrected chi connectivity index (χ2v) is 10.9. The van der Waals surface area contributed by atoms with Crippen LogP contribution < -0.4 is 32.3 Å². The molecule has 12 nitrogen and oxygen atoms in total. The largest absolute Gasteiger partial charge is 0.374 e. The maximum absolute atomic E-state index is 13.5. The van der Waals surface area contributed by atoms with Crippen molar-refractivity contribution in [2.24, 2.45) is 4.99 Å². The van der Waals surface area contributed by atoms with E-state index in [0.29, 0.717) is 42.7 Å². The monoisotopic (exact) mass is 574 g/mol. The minimum absolute atomic E-state index is 0.0635. The Kier molecular flexibility index (Phi) is 9.38. The highest BCUT2D eigenvalue weighted by Crippen LogP contribution is 2.29. The summed E-state index contributed by atoms with van der Waals surface area (Å²) in [5, 5.41) is 12.7. The summed E-state index contributed by atoms with van der Waals surface area (Å²) in [6.45, 7) is 13.2. The van der Waals surface area contributed by atoms with Gasteiger partial charge in [-0.2, -0.15) is 0 Å². The third-order valence-corrected chi connectivity index (χ3v) is 6.60. The molecule has 0 saturated heterocycles. The van der Waals surface area contributed by atoms with E-state index in [4.69, 9.17) is 9.63 Å². The molecule has 2 aliphatic rings. The zero-order chi connectivity index (χ0) is 30.4. The quantitative estimate of drug-likeness (QED) is 0.243. The predicted octanol–water partition coefficient (Wildman–Crippen LogP) is 3.11. The van der Waals surface area contributed by atoms with E-state index in [1.165, 1.54) is 0 Å². The maximum atomic E-state index is 13.5. The van der Waals surface area contributed by atoms with Crippen molar-refractivity contribution in [2.45, 2.75) is 65.5 Å². The Morgan fingerprint density at radius 1 is 1.07 bits per heavy atom. The number of hydrogen-bond acceptors (Lipinski definition) is 10. The Balaban J connectivity index is 0.00000198. The van der Waals surface area contributed by atoms with Crippen LogP contribution in [0, 0.1) is 0 Å². The van der Waals surface area contributed by atoms with Gasteiger partial charge in [0, 0.05) is 48.2 Å². The molecule has 2 bridgehead atoms. The van der Waals surface area contributed by atoms with Gasteiger partial charge in [-0.15, -0.1) is 0 Å². The summed E-state index contributed by atoms with van der Waals surface area (Å²) < 4.78 is 1.73. The Hall–Kier alpha value is -4.55. The van der Waals surface area contributed by atoms with E-state index in [9.17, 15) is 9.59 Å². The van der Waals surface area contributed by atoms with Crippen LogP contribution in [0.15, 0.2) is 58.4 Å². The molecule has 1 aromatic heterocycles. The molecule has 0 aliphatic carbocycles. The number of nitrogens with zero attached hydrogens (tertiary/aromatic N) is 3. The van der Waals surface area contributed by atoms with Crippen LogP contribution in [-0.4, -0.2) is 52.4 Å². The number of hydroxylamine groups is 1. The molecule has 2 aliphatic heterocycles. The summed E-state index contributed by atoms with van der Waals surface area (Å²) in [7, 11) is 0. The van der Waals surface area contributed by atoms with E-state index in [-0.39, 0.29) is 23.6 Å². The zero-order valence-electron chi connectivity index (χ0n) is 24.6.